The standard InChI is InChI=1S/C17H18N2O2/c1-3-15-13(12-7-4-5-9-16(12)21-15)11-19-14-8-6-10-18-17(14)20-2/h4-10,19H,3,11H2,1-2H3. The Morgan fingerprint density at radius 3 is 2.86 bits per heavy atom. The molecule has 0 radical (unpaired) electrons. The molecule has 0 spiro atoms. The van der Waals surface area contributed by atoms with Crippen molar-refractivity contribution in [3.05, 3.63) is 53.9 Å². The van der Waals surface area contributed by atoms with Crippen LogP contribution in [-0.4, -0.2) is 12.1 Å². The fourth-order valence-corrected chi connectivity index (χ4v) is 2.50. The number of hydrogen-bond donors (Lipinski definition) is 1. The molecule has 0 aliphatic carbocycles. The van der Waals surface area contributed by atoms with Crippen molar-refractivity contribution in [2.45, 2.75) is 19.9 Å². The Balaban J connectivity index is 1.91. The molecule has 4 nitrogen and oxygen atoms in total. The van der Waals surface area contributed by atoms with E-state index in [2.05, 4.69) is 23.3 Å². The normalized spacial score (nSPS) is 10.8. The van der Waals surface area contributed by atoms with E-state index in [1.54, 1.807) is 13.3 Å². The lowest BCUT2D eigenvalue weighted by atomic mass is 10.1. The van der Waals surface area contributed by atoms with Gasteiger partial charge in [0.05, 0.1) is 12.8 Å². The fraction of sp³-hybridized carbons (Fsp3) is 0.235. The first-order valence-electron chi connectivity index (χ1n) is 7.05. The van der Waals surface area contributed by atoms with E-state index in [0.717, 1.165) is 28.8 Å². The number of aromatic nitrogens is 1. The number of ether oxygens (including phenoxy) is 1. The molecule has 0 amide bonds. The molecule has 0 unspecified atom stereocenters. The lowest BCUT2D eigenvalue weighted by molar-refractivity contribution is 0.399. The lowest BCUT2D eigenvalue weighted by Crippen LogP contribution is -2.03. The van der Waals surface area contributed by atoms with Crippen molar-refractivity contribution in [1.29, 1.82) is 0 Å². The van der Waals surface area contributed by atoms with Gasteiger partial charge in [-0.15, -0.1) is 0 Å². The summed E-state index contributed by atoms with van der Waals surface area (Å²) in [7, 11) is 1.62. The van der Waals surface area contributed by atoms with Gasteiger partial charge in [-0.1, -0.05) is 25.1 Å². The summed E-state index contributed by atoms with van der Waals surface area (Å²) in [4.78, 5) is 4.19. The largest absolute Gasteiger partial charge is 0.480 e. The predicted molar refractivity (Wildman–Crippen MR) is 83.7 cm³/mol. The van der Waals surface area contributed by atoms with E-state index in [1.807, 2.05) is 30.3 Å². The van der Waals surface area contributed by atoms with Crippen LogP contribution in [0, 0.1) is 0 Å². The molecular weight excluding hydrogens is 264 g/mol. The van der Waals surface area contributed by atoms with E-state index in [0.29, 0.717) is 12.4 Å². The van der Waals surface area contributed by atoms with Gasteiger partial charge in [-0.25, -0.2) is 4.98 Å². The second kappa shape index (κ2) is 5.87. The molecule has 108 valence electrons. The summed E-state index contributed by atoms with van der Waals surface area (Å²) in [6.45, 7) is 2.79. The number of benzene rings is 1. The first-order valence-corrected chi connectivity index (χ1v) is 7.05. The topological polar surface area (TPSA) is 47.3 Å². The molecule has 0 saturated carbocycles. The number of nitrogens with zero attached hydrogens (tertiary/aromatic N) is 1. The zero-order valence-electron chi connectivity index (χ0n) is 12.2. The van der Waals surface area contributed by atoms with Gasteiger partial charge in [-0.05, 0) is 18.2 Å². The second-order valence-electron chi connectivity index (χ2n) is 4.77. The van der Waals surface area contributed by atoms with Crippen molar-refractivity contribution in [3.8, 4) is 5.88 Å². The van der Waals surface area contributed by atoms with Crippen LogP contribution in [0.4, 0.5) is 5.69 Å². The van der Waals surface area contributed by atoms with Crippen molar-refractivity contribution < 1.29 is 9.15 Å². The molecule has 21 heavy (non-hydrogen) atoms. The Labute approximate surface area is 123 Å². The molecule has 3 rings (SSSR count). The summed E-state index contributed by atoms with van der Waals surface area (Å²) in [5.74, 6) is 1.62. The van der Waals surface area contributed by atoms with E-state index < -0.39 is 0 Å². The van der Waals surface area contributed by atoms with E-state index in [1.165, 1.54) is 5.56 Å². The molecule has 0 fully saturated rings. The number of methoxy groups -OCH3 is 1. The maximum absolute atomic E-state index is 5.91. The van der Waals surface area contributed by atoms with Crippen LogP contribution in [0.3, 0.4) is 0 Å². The number of rotatable bonds is 5. The Hall–Kier alpha value is -2.49. The Morgan fingerprint density at radius 2 is 2.05 bits per heavy atom. The quantitative estimate of drug-likeness (QED) is 0.768. The van der Waals surface area contributed by atoms with Gasteiger partial charge in [0.25, 0.3) is 0 Å². The minimum Gasteiger partial charge on any atom is -0.480 e. The van der Waals surface area contributed by atoms with Crippen molar-refractivity contribution in [2.75, 3.05) is 12.4 Å². The highest BCUT2D eigenvalue weighted by Gasteiger charge is 2.13. The van der Waals surface area contributed by atoms with Gasteiger partial charge in [0, 0.05) is 30.1 Å². The van der Waals surface area contributed by atoms with Crippen LogP contribution in [-0.2, 0) is 13.0 Å². The molecule has 0 saturated heterocycles. The van der Waals surface area contributed by atoms with Gasteiger partial charge < -0.3 is 14.5 Å². The molecule has 2 aromatic heterocycles. The van der Waals surface area contributed by atoms with Crippen molar-refractivity contribution in [3.63, 3.8) is 0 Å². The van der Waals surface area contributed by atoms with Crippen LogP contribution in [0.2, 0.25) is 0 Å². The number of aryl methyl sites for hydroxylation is 1. The zero-order valence-corrected chi connectivity index (χ0v) is 12.2. The summed E-state index contributed by atoms with van der Waals surface area (Å²) < 4.78 is 11.2. The van der Waals surface area contributed by atoms with Crippen molar-refractivity contribution in [1.82, 2.24) is 4.98 Å². The number of nitrogens with one attached hydrogen (secondary N) is 1. The number of anilines is 1. The third-order valence-electron chi connectivity index (χ3n) is 3.52. The predicted octanol–water partition coefficient (Wildman–Crippen LogP) is 4.01. The fourth-order valence-electron chi connectivity index (χ4n) is 2.50. The number of para-hydroxylation sites is 1. The van der Waals surface area contributed by atoms with E-state index in [4.69, 9.17) is 9.15 Å². The molecule has 0 aliphatic rings. The van der Waals surface area contributed by atoms with Crippen LogP contribution >= 0.6 is 0 Å². The Bertz CT molecular complexity index is 749. The highest BCUT2D eigenvalue weighted by atomic mass is 16.5. The molecular formula is C17H18N2O2. The number of furan rings is 1. The molecule has 2 heterocycles. The van der Waals surface area contributed by atoms with Crippen LogP contribution in [0.25, 0.3) is 11.0 Å². The van der Waals surface area contributed by atoms with Gasteiger partial charge in [0.2, 0.25) is 5.88 Å². The van der Waals surface area contributed by atoms with Gasteiger partial charge in [0.1, 0.15) is 11.3 Å². The molecule has 4 heteroatoms. The molecule has 3 aromatic rings. The zero-order chi connectivity index (χ0) is 14.7. The minimum atomic E-state index is 0.600. The summed E-state index contributed by atoms with van der Waals surface area (Å²) in [6.07, 6.45) is 2.59. The van der Waals surface area contributed by atoms with Gasteiger partial charge in [-0.3, -0.25) is 0 Å². The molecule has 0 bridgehead atoms. The molecule has 0 aliphatic heterocycles. The van der Waals surface area contributed by atoms with Crippen LogP contribution in [0.15, 0.2) is 47.0 Å². The molecule has 1 aromatic carbocycles. The monoisotopic (exact) mass is 282 g/mol. The van der Waals surface area contributed by atoms with E-state index in [-0.39, 0.29) is 0 Å². The van der Waals surface area contributed by atoms with Gasteiger partial charge in [0.15, 0.2) is 0 Å². The number of hydrogen-bond acceptors (Lipinski definition) is 4. The van der Waals surface area contributed by atoms with E-state index in [9.17, 15) is 0 Å². The maximum Gasteiger partial charge on any atom is 0.237 e. The highest BCUT2D eigenvalue weighted by molar-refractivity contribution is 5.82. The first kappa shape index (κ1) is 13.5. The third kappa shape index (κ3) is 2.57. The number of pyridine rings is 1. The first-order chi connectivity index (χ1) is 10.3. The third-order valence-corrected chi connectivity index (χ3v) is 3.52. The molecule has 0 atom stereocenters. The smallest absolute Gasteiger partial charge is 0.237 e. The summed E-state index contributed by atoms with van der Waals surface area (Å²) in [5, 5.41) is 4.54. The van der Waals surface area contributed by atoms with Gasteiger partial charge >= 0.3 is 0 Å². The SMILES string of the molecule is CCc1oc2ccccc2c1CNc1cccnc1OC. The van der Waals surface area contributed by atoms with Crippen LogP contribution in [0.5, 0.6) is 5.88 Å². The summed E-state index contributed by atoms with van der Waals surface area (Å²) in [6, 6.07) is 12.0. The average molecular weight is 282 g/mol. The van der Waals surface area contributed by atoms with Crippen LogP contribution < -0.4 is 10.1 Å². The lowest BCUT2D eigenvalue weighted by Gasteiger charge is -2.09. The Morgan fingerprint density at radius 1 is 1.19 bits per heavy atom. The van der Waals surface area contributed by atoms with Crippen LogP contribution in [0.1, 0.15) is 18.2 Å². The van der Waals surface area contributed by atoms with Crippen molar-refractivity contribution >= 4 is 16.7 Å². The highest BCUT2D eigenvalue weighted by Crippen LogP contribution is 2.28. The van der Waals surface area contributed by atoms with Crippen molar-refractivity contribution in [2.24, 2.45) is 0 Å². The molecule has 1 N–H and O–H groups in total. The van der Waals surface area contributed by atoms with Gasteiger partial charge in [-0.2, -0.15) is 0 Å². The summed E-state index contributed by atoms with van der Waals surface area (Å²) >= 11 is 0. The summed E-state index contributed by atoms with van der Waals surface area (Å²) in [5.41, 5.74) is 3.01. The minimum absolute atomic E-state index is 0.600. The number of fused-ring (bicyclic) bond motifs is 1. The Kier molecular flexibility index (Phi) is 3.77. The van der Waals surface area contributed by atoms with E-state index >= 15 is 0 Å². The maximum atomic E-state index is 5.91. The second-order valence-corrected chi connectivity index (χ2v) is 4.77. The average Bonchev–Trinajstić information content (AvgIpc) is 2.91.